The van der Waals surface area contributed by atoms with E-state index in [1.807, 2.05) is 0 Å². The normalized spacial score (nSPS) is 16.4. The summed E-state index contributed by atoms with van der Waals surface area (Å²) in [7, 11) is 1.54. The Hall–Kier alpha value is -2.34. The van der Waals surface area contributed by atoms with Gasteiger partial charge in [-0.15, -0.1) is 0 Å². The largest absolute Gasteiger partial charge is 0.475 e. The number of benzene rings is 1. The van der Waals surface area contributed by atoms with E-state index >= 15 is 0 Å². The number of rotatable bonds is 4. The highest BCUT2D eigenvalue weighted by Gasteiger charge is 2.44. The van der Waals surface area contributed by atoms with Gasteiger partial charge in [-0.05, 0) is 43.5 Å². The number of carboxylic acid groups (broad SMARTS) is 1. The lowest BCUT2D eigenvalue weighted by Gasteiger charge is -2.38. The predicted octanol–water partition coefficient (Wildman–Crippen LogP) is 2.64. The molecule has 1 amide bonds. The van der Waals surface area contributed by atoms with Crippen LogP contribution in [0.2, 0.25) is 0 Å². The number of aromatic carboxylic acids is 1. The number of carbonyl (C=O) groups excluding carboxylic acids is 1. The number of carboxylic acids is 1. The Morgan fingerprint density at radius 2 is 2.10 bits per heavy atom. The van der Waals surface area contributed by atoms with Crippen LogP contribution < -0.4 is 5.32 Å². The third kappa shape index (κ3) is 2.27. The summed E-state index contributed by atoms with van der Waals surface area (Å²) in [6.07, 6.45) is 2.41. The first-order valence-electron chi connectivity index (χ1n) is 6.67. The van der Waals surface area contributed by atoms with E-state index in [1.54, 1.807) is 18.2 Å². The van der Waals surface area contributed by atoms with Crippen LogP contribution in [0.3, 0.4) is 0 Å². The van der Waals surface area contributed by atoms with Gasteiger partial charge in [-0.3, -0.25) is 4.79 Å². The number of amides is 1. The molecule has 1 saturated carbocycles. The molecule has 6 heteroatoms. The zero-order valence-corrected chi connectivity index (χ0v) is 11.5. The number of hydrogen-bond acceptors (Lipinski definition) is 4. The van der Waals surface area contributed by atoms with E-state index in [-0.39, 0.29) is 11.7 Å². The molecular weight excluding hydrogens is 274 g/mol. The Balaban J connectivity index is 1.84. The molecule has 21 heavy (non-hydrogen) atoms. The molecule has 2 aromatic rings. The van der Waals surface area contributed by atoms with Crippen molar-refractivity contribution >= 4 is 28.5 Å². The van der Waals surface area contributed by atoms with Crippen molar-refractivity contribution < 1.29 is 23.8 Å². The van der Waals surface area contributed by atoms with E-state index in [9.17, 15) is 9.59 Å². The summed E-state index contributed by atoms with van der Waals surface area (Å²) >= 11 is 0. The monoisotopic (exact) mass is 289 g/mol. The molecule has 0 aliphatic heterocycles. The number of fused-ring (bicyclic) bond motifs is 1. The Morgan fingerprint density at radius 3 is 2.67 bits per heavy atom. The van der Waals surface area contributed by atoms with Crippen molar-refractivity contribution in [3.8, 4) is 0 Å². The highest BCUT2D eigenvalue weighted by molar-refractivity contribution is 6.00. The predicted molar refractivity (Wildman–Crippen MR) is 75.4 cm³/mol. The molecule has 1 aromatic heterocycles. The summed E-state index contributed by atoms with van der Waals surface area (Å²) in [6.45, 7) is 0. The van der Waals surface area contributed by atoms with Gasteiger partial charge in [0.15, 0.2) is 0 Å². The Bertz CT molecular complexity index is 708. The summed E-state index contributed by atoms with van der Waals surface area (Å²) in [6, 6.07) is 6.43. The van der Waals surface area contributed by atoms with Gasteiger partial charge in [-0.1, -0.05) is 0 Å². The van der Waals surface area contributed by atoms with E-state index in [0.717, 1.165) is 6.42 Å². The van der Waals surface area contributed by atoms with Crippen LogP contribution >= 0.6 is 0 Å². The fourth-order valence-corrected chi connectivity index (χ4v) is 2.49. The summed E-state index contributed by atoms with van der Waals surface area (Å²) < 4.78 is 10.5. The average Bonchev–Trinajstić information content (AvgIpc) is 2.81. The van der Waals surface area contributed by atoms with Crippen molar-refractivity contribution in [2.45, 2.75) is 24.9 Å². The molecule has 0 saturated heterocycles. The molecule has 110 valence electrons. The minimum atomic E-state index is -1.12. The van der Waals surface area contributed by atoms with E-state index < -0.39 is 11.6 Å². The fourth-order valence-electron chi connectivity index (χ4n) is 2.49. The van der Waals surface area contributed by atoms with Crippen molar-refractivity contribution in [2.75, 3.05) is 12.4 Å². The topological polar surface area (TPSA) is 88.8 Å². The quantitative estimate of drug-likeness (QED) is 0.903. The SMILES string of the molecule is COC1(C(=O)Nc2ccc3oc(C(=O)O)cc3c2)CCC1. The number of nitrogens with one attached hydrogen (secondary N) is 1. The molecule has 1 heterocycles. The van der Waals surface area contributed by atoms with E-state index in [0.29, 0.717) is 29.5 Å². The van der Waals surface area contributed by atoms with Gasteiger partial charge in [-0.2, -0.15) is 0 Å². The molecule has 1 fully saturated rings. The van der Waals surface area contributed by atoms with Crippen molar-refractivity contribution in [3.63, 3.8) is 0 Å². The van der Waals surface area contributed by atoms with Gasteiger partial charge >= 0.3 is 5.97 Å². The van der Waals surface area contributed by atoms with Crippen LogP contribution in [0.15, 0.2) is 28.7 Å². The second-order valence-corrected chi connectivity index (χ2v) is 5.17. The maximum Gasteiger partial charge on any atom is 0.371 e. The van der Waals surface area contributed by atoms with Crippen LogP contribution in [-0.2, 0) is 9.53 Å². The molecule has 0 bridgehead atoms. The third-order valence-corrected chi connectivity index (χ3v) is 3.95. The first kappa shape index (κ1) is 13.6. The summed E-state index contributed by atoms with van der Waals surface area (Å²) in [5.41, 5.74) is 0.335. The summed E-state index contributed by atoms with van der Waals surface area (Å²) in [5.74, 6) is -1.41. The molecule has 3 rings (SSSR count). The average molecular weight is 289 g/mol. The van der Waals surface area contributed by atoms with Crippen LogP contribution in [-0.4, -0.2) is 29.7 Å². The Kier molecular flexibility index (Phi) is 3.17. The van der Waals surface area contributed by atoms with Crippen LogP contribution in [0.5, 0.6) is 0 Å². The number of anilines is 1. The molecule has 0 atom stereocenters. The lowest BCUT2D eigenvalue weighted by atomic mass is 9.79. The van der Waals surface area contributed by atoms with E-state index in [4.69, 9.17) is 14.3 Å². The van der Waals surface area contributed by atoms with Crippen molar-refractivity contribution in [2.24, 2.45) is 0 Å². The van der Waals surface area contributed by atoms with Crippen LogP contribution in [0.1, 0.15) is 29.8 Å². The smallest absolute Gasteiger partial charge is 0.371 e. The van der Waals surface area contributed by atoms with Gasteiger partial charge in [0.05, 0.1) is 0 Å². The molecule has 0 spiro atoms. The maximum atomic E-state index is 12.2. The summed E-state index contributed by atoms with van der Waals surface area (Å²) in [5, 5.41) is 12.3. The molecule has 2 N–H and O–H groups in total. The second-order valence-electron chi connectivity index (χ2n) is 5.17. The Labute approximate surface area is 120 Å². The van der Waals surface area contributed by atoms with Gasteiger partial charge in [0.1, 0.15) is 11.2 Å². The van der Waals surface area contributed by atoms with E-state index in [2.05, 4.69) is 5.32 Å². The molecule has 0 radical (unpaired) electrons. The molecule has 0 unspecified atom stereocenters. The van der Waals surface area contributed by atoms with Crippen molar-refractivity contribution in [1.29, 1.82) is 0 Å². The van der Waals surface area contributed by atoms with Gasteiger partial charge in [0.25, 0.3) is 5.91 Å². The number of carbonyl (C=O) groups is 2. The number of methoxy groups -OCH3 is 1. The molecule has 1 aliphatic carbocycles. The maximum absolute atomic E-state index is 12.2. The summed E-state index contributed by atoms with van der Waals surface area (Å²) in [4.78, 5) is 23.1. The van der Waals surface area contributed by atoms with Crippen molar-refractivity contribution in [3.05, 3.63) is 30.0 Å². The van der Waals surface area contributed by atoms with E-state index in [1.165, 1.54) is 13.2 Å². The van der Waals surface area contributed by atoms with Crippen LogP contribution in [0.4, 0.5) is 5.69 Å². The second kappa shape index (κ2) is 4.89. The number of ether oxygens (including phenoxy) is 1. The molecule has 1 aliphatic rings. The first-order valence-corrected chi connectivity index (χ1v) is 6.67. The third-order valence-electron chi connectivity index (χ3n) is 3.95. The van der Waals surface area contributed by atoms with Gasteiger partial charge < -0.3 is 19.6 Å². The number of furan rings is 1. The standard InChI is InChI=1S/C15H15NO5/c1-20-15(5-2-6-15)14(19)16-10-3-4-11-9(7-10)8-12(21-11)13(17)18/h3-4,7-8H,2,5-6H2,1H3,(H,16,19)(H,17,18). The molecular formula is C15H15NO5. The minimum Gasteiger partial charge on any atom is -0.475 e. The fraction of sp³-hybridized carbons (Fsp3) is 0.333. The van der Waals surface area contributed by atoms with Gasteiger partial charge in [0, 0.05) is 18.2 Å². The number of hydrogen-bond donors (Lipinski definition) is 2. The highest BCUT2D eigenvalue weighted by Crippen LogP contribution is 2.36. The zero-order chi connectivity index (χ0) is 15.0. The zero-order valence-electron chi connectivity index (χ0n) is 11.5. The lowest BCUT2D eigenvalue weighted by molar-refractivity contribution is -0.148. The van der Waals surface area contributed by atoms with Crippen LogP contribution in [0, 0.1) is 0 Å². The van der Waals surface area contributed by atoms with Crippen molar-refractivity contribution in [1.82, 2.24) is 0 Å². The van der Waals surface area contributed by atoms with Gasteiger partial charge in [0.2, 0.25) is 5.76 Å². The molecule has 1 aromatic carbocycles. The van der Waals surface area contributed by atoms with Gasteiger partial charge in [-0.25, -0.2) is 4.79 Å². The Morgan fingerprint density at radius 1 is 1.33 bits per heavy atom. The molecule has 6 nitrogen and oxygen atoms in total. The highest BCUT2D eigenvalue weighted by atomic mass is 16.5. The van der Waals surface area contributed by atoms with Crippen LogP contribution in [0.25, 0.3) is 11.0 Å². The first-order chi connectivity index (χ1) is 10.0. The lowest BCUT2D eigenvalue weighted by Crippen LogP contribution is -2.50. The minimum absolute atomic E-state index is 0.124.